The van der Waals surface area contributed by atoms with Crippen LogP contribution in [0.2, 0.25) is 0 Å². The van der Waals surface area contributed by atoms with Gasteiger partial charge in [-0.2, -0.15) is 5.10 Å². The maximum absolute atomic E-state index is 11.9. The first-order chi connectivity index (χ1) is 13.1. The molecule has 2 aromatic rings. The predicted molar refractivity (Wildman–Crippen MR) is 135 cm³/mol. The summed E-state index contributed by atoms with van der Waals surface area (Å²) < 4.78 is 4.46. The van der Waals surface area contributed by atoms with Crippen molar-refractivity contribution in [1.82, 2.24) is 5.01 Å². The molecule has 0 fully saturated rings. The molecule has 0 saturated heterocycles. The third-order valence-corrected chi connectivity index (χ3v) is 3.55. The first-order valence-corrected chi connectivity index (χ1v) is 21.5. The molecule has 0 atom stereocenters. The van der Waals surface area contributed by atoms with Gasteiger partial charge in [0.25, 0.3) is 0 Å². The maximum atomic E-state index is 11.9. The molecule has 0 aromatic heterocycles. The summed E-state index contributed by atoms with van der Waals surface area (Å²) >= 11 is 7.39. The van der Waals surface area contributed by atoms with Crippen molar-refractivity contribution < 1.29 is 19.2 Å². The van der Waals surface area contributed by atoms with Crippen LogP contribution in [0.15, 0.2) is 53.6 Å². The Morgan fingerprint density at radius 3 is 1.57 bits per heavy atom. The number of esters is 1. The molecule has 28 heavy (non-hydrogen) atoms. The van der Waals surface area contributed by atoms with E-state index >= 15 is 0 Å². The quantitative estimate of drug-likeness (QED) is 0.140. The molecular weight excluding hydrogens is 736 g/mol. The zero-order valence-corrected chi connectivity index (χ0v) is 23.7. The Morgan fingerprint density at radius 2 is 1.25 bits per heavy atom. The van der Waals surface area contributed by atoms with E-state index < -0.39 is 11.9 Å². The Morgan fingerprint density at radius 1 is 0.893 bits per heavy atom. The number of hydrogen-bond donors (Lipinski definition) is 0. The Balaban J connectivity index is 0.000000892. The summed E-state index contributed by atoms with van der Waals surface area (Å²) in [6, 6.07) is 15.6. The fourth-order valence-electron chi connectivity index (χ4n) is 2.12. The van der Waals surface area contributed by atoms with Crippen molar-refractivity contribution in [2.24, 2.45) is 5.10 Å². The molecular formula is C19H20I3N2O3V. The van der Waals surface area contributed by atoms with Gasteiger partial charge in [0.15, 0.2) is 0 Å². The molecule has 9 heteroatoms. The number of benzene rings is 2. The van der Waals surface area contributed by atoms with Crippen LogP contribution in [0, 0.1) is 13.8 Å². The van der Waals surface area contributed by atoms with E-state index in [2.05, 4.69) is 69.8 Å². The van der Waals surface area contributed by atoms with Crippen molar-refractivity contribution in [2.45, 2.75) is 13.8 Å². The molecule has 2 rings (SSSR count). The first kappa shape index (κ1) is 25.9. The van der Waals surface area contributed by atoms with Gasteiger partial charge in [0, 0.05) is 18.2 Å². The van der Waals surface area contributed by atoms with E-state index in [1.54, 1.807) is 0 Å². The Kier molecular flexibility index (Phi) is 12.2. The summed E-state index contributed by atoms with van der Waals surface area (Å²) in [5.41, 5.74) is 4.57. The Labute approximate surface area is 203 Å². The monoisotopic (exact) mass is 756 g/mol. The molecule has 5 nitrogen and oxygen atoms in total. The molecule has 0 N–H and O–H groups in total. The van der Waals surface area contributed by atoms with Crippen LogP contribution in [0.4, 0.5) is 0 Å². The zero-order valence-electron chi connectivity index (χ0n) is 15.8. The van der Waals surface area contributed by atoms with E-state index in [1.165, 1.54) is 14.2 Å². The van der Waals surface area contributed by atoms with Gasteiger partial charge < -0.3 is 4.74 Å². The number of rotatable bonds is 3. The number of carbonyl (C=O) groups excluding carboxylic acids is 2. The van der Waals surface area contributed by atoms with Crippen LogP contribution < -0.4 is 0 Å². The minimum absolute atomic E-state index is 0.278. The van der Waals surface area contributed by atoms with E-state index in [0.29, 0.717) is 5.71 Å². The van der Waals surface area contributed by atoms with Crippen molar-refractivity contribution in [1.29, 1.82) is 0 Å². The fraction of sp³-hybridized carbons (Fsp3) is 0.211. The number of halogens is 3. The van der Waals surface area contributed by atoms with E-state index in [1.807, 2.05) is 62.4 Å². The summed E-state index contributed by atoms with van der Waals surface area (Å²) in [5, 5.41) is 5.35. The molecule has 0 heterocycles. The second kappa shape index (κ2) is 13.2. The third kappa shape index (κ3) is 9.10. The van der Waals surface area contributed by atoms with Gasteiger partial charge in [0.05, 0.1) is 12.8 Å². The summed E-state index contributed by atoms with van der Waals surface area (Å²) in [7, 11) is 2.60. The normalized spacial score (nSPS) is 9.86. The van der Waals surface area contributed by atoms with Gasteiger partial charge in [-0.3, -0.25) is 4.79 Å². The van der Waals surface area contributed by atoms with Crippen LogP contribution in [-0.2, 0) is 19.2 Å². The van der Waals surface area contributed by atoms with Gasteiger partial charge in [0.1, 0.15) is 0 Å². The van der Waals surface area contributed by atoms with Crippen LogP contribution in [-0.4, -0.2) is 36.8 Å². The van der Waals surface area contributed by atoms with Gasteiger partial charge in [-0.1, -0.05) is 59.7 Å². The van der Waals surface area contributed by atoms with Crippen molar-refractivity contribution in [3.8, 4) is 0 Å². The first-order valence-electron chi connectivity index (χ1n) is 8.01. The Hall–Kier alpha value is -0.176. The Bertz CT molecular complexity index is 775. The van der Waals surface area contributed by atoms with Crippen LogP contribution >= 0.6 is 59.9 Å². The molecule has 0 aliphatic heterocycles. The van der Waals surface area contributed by atoms with Crippen LogP contribution in [0.25, 0.3) is 0 Å². The molecule has 0 aliphatic carbocycles. The van der Waals surface area contributed by atoms with Crippen molar-refractivity contribution in [3.05, 3.63) is 70.8 Å². The molecule has 0 spiro atoms. The second-order valence-electron chi connectivity index (χ2n) is 5.69. The fourth-order valence-corrected chi connectivity index (χ4v) is 2.12. The third-order valence-electron chi connectivity index (χ3n) is 3.55. The number of hydrogen-bond acceptors (Lipinski definition) is 4. The minimum atomic E-state index is -0.951. The van der Waals surface area contributed by atoms with E-state index in [0.717, 1.165) is 27.3 Å². The number of likely N-dealkylation sites (N-methyl/N-ethyl adjacent to an activating group) is 1. The molecule has 1 amide bonds. The molecule has 150 valence electrons. The van der Waals surface area contributed by atoms with Crippen LogP contribution in [0.3, 0.4) is 0 Å². The summed E-state index contributed by atoms with van der Waals surface area (Å²) in [6.07, 6.45) is 0. The van der Waals surface area contributed by atoms with Gasteiger partial charge in [-0.05, 0) is 13.8 Å². The van der Waals surface area contributed by atoms with Gasteiger partial charge in [0.2, 0.25) is 0 Å². The van der Waals surface area contributed by atoms with E-state index in [9.17, 15) is 9.59 Å². The number of aryl methyl sites for hydroxylation is 2. The summed E-state index contributed by atoms with van der Waals surface area (Å²) in [5.74, 6) is -1.78. The average Bonchev–Trinajstić information content (AvgIpc) is 2.66. The number of methoxy groups -OCH3 is 1. The number of nitrogens with zero attached hydrogens (tertiary/aromatic N) is 2. The van der Waals surface area contributed by atoms with Gasteiger partial charge in [-0.15, -0.1) is 0 Å². The van der Waals surface area contributed by atoms with Crippen LogP contribution in [0.5, 0.6) is 0 Å². The van der Waals surface area contributed by atoms with Gasteiger partial charge in [-0.25, -0.2) is 9.80 Å². The topological polar surface area (TPSA) is 59.0 Å². The molecule has 0 bridgehead atoms. The molecule has 0 radical (unpaired) electrons. The predicted octanol–water partition coefficient (Wildman–Crippen LogP) is 5.34. The average molecular weight is 756 g/mol. The number of carbonyl (C=O) groups is 2. The van der Waals surface area contributed by atoms with Crippen molar-refractivity contribution in [3.63, 3.8) is 0 Å². The number of hydrazone groups is 1. The van der Waals surface area contributed by atoms with E-state index in [4.69, 9.17) is 0 Å². The number of amides is 1. The van der Waals surface area contributed by atoms with Crippen LogP contribution in [0.1, 0.15) is 22.3 Å². The second-order valence-corrected chi connectivity index (χ2v) is 41.1. The zero-order chi connectivity index (χ0) is 21.3. The molecule has 2 aromatic carbocycles. The summed E-state index contributed by atoms with van der Waals surface area (Å²) in [4.78, 5) is 23.1. The SMILES string of the molecule is COC(=O)C(=O)N(C)N=C(c1ccc(C)cc1)c1ccc(C)cc1.[I][V]([I])[I]. The molecule has 0 saturated carbocycles. The summed E-state index contributed by atoms with van der Waals surface area (Å²) in [6.45, 7) is 4.00. The van der Waals surface area contributed by atoms with Crippen molar-refractivity contribution >= 4 is 77.5 Å². The molecule has 0 aliphatic rings. The molecule has 0 unspecified atom stereocenters. The standard InChI is InChI=1S/C19H20N2O3.3HI.V/c1-13-5-9-15(10-6-13)17(16-11-7-14(2)8-12-16)20-21(3)18(22)19(23)24-4;;;;/h5-12H,1-4H3;3*1H;/q;;;;+3/p-3. The number of ether oxygens (including phenoxy) is 1. The van der Waals surface area contributed by atoms with E-state index in [-0.39, 0.29) is 4.92 Å². The van der Waals surface area contributed by atoms with Gasteiger partial charge >= 0.3 is 76.7 Å². The van der Waals surface area contributed by atoms with Crippen molar-refractivity contribution in [2.75, 3.05) is 14.2 Å².